The van der Waals surface area contributed by atoms with Gasteiger partial charge in [0.15, 0.2) is 21.8 Å². The van der Waals surface area contributed by atoms with Crippen LogP contribution in [0.1, 0.15) is 39.5 Å². The van der Waals surface area contributed by atoms with E-state index >= 15 is 0 Å². The molecular formula is C16H23ClN4O4S. The van der Waals surface area contributed by atoms with Crippen molar-refractivity contribution in [2.24, 2.45) is 5.18 Å². The number of nitrogens with zero attached hydrogens (tertiary/aromatic N) is 3. The van der Waals surface area contributed by atoms with Crippen molar-refractivity contribution < 1.29 is 14.3 Å². The minimum absolute atomic E-state index is 0.0170. The molecule has 144 valence electrons. The maximum Gasteiger partial charge on any atom is 0.332 e. The number of thioether (sulfide) groups is 1. The molecule has 0 bridgehead atoms. The molecule has 1 fully saturated rings. The monoisotopic (exact) mass is 402 g/mol. The summed E-state index contributed by atoms with van der Waals surface area (Å²) in [6, 6.07) is 0.0534. The maximum absolute atomic E-state index is 11.4. The van der Waals surface area contributed by atoms with Crippen molar-refractivity contribution in [1.82, 2.24) is 9.97 Å². The number of carbonyl (C=O) groups excluding carboxylic acids is 1. The molecule has 1 aromatic rings. The zero-order valence-corrected chi connectivity index (χ0v) is 16.4. The van der Waals surface area contributed by atoms with Crippen LogP contribution >= 0.6 is 23.4 Å². The van der Waals surface area contributed by atoms with Gasteiger partial charge in [-0.1, -0.05) is 30.3 Å². The Morgan fingerprint density at radius 1 is 1.38 bits per heavy atom. The van der Waals surface area contributed by atoms with Gasteiger partial charge >= 0.3 is 5.97 Å². The van der Waals surface area contributed by atoms with E-state index in [0.717, 1.165) is 25.0 Å². The van der Waals surface area contributed by atoms with Gasteiger partial charge in [0.25, 0.3) is 0 Å². The first kappa shape index (κ1) is 20.9. The minimum Gasteiger partial charge on any atom is -0.464 e. The Kier molecular flexibility index (Phi) is 8.53. The van der Waals surface area contributed by atoms with Crippen molar-refractivity contribution in [3.05, 3.63) is 10.1 Å². The van der Waals surface area contributed by atoms with E-state index in [9.17, 15) is 9.70 Å². The summed E-state index contributed by atoms with van der Waals surface area (Å²) in [5.41, 5.74) is 0.0170. The summed E-state index contributed by atoms with van der Waals surface area (Å²) in [7, 11) is 0. The van der Waals surface area contributed by atoms with E-state index < -0.39 is 0 Å². The fraction of sp³-hybridized carbons (Fsp3) is 0.688. The molecule has 0 saturated heterocycles. The highest BCUT2D eigenvalue weighted by molar-refractivity contribution is 7.99. The quantitative estimate of drug-likeness (QED) is 0.206. The number of hydrogen-bond acceptors (Lipinski definition) is 9. The average molecular weight is 403 g/mol. The van der Waals surface area contributed by atoms with E-state index in [-0.39, 0.29) is 35.6 Å². The lowest BCUT2D eigenvalue weighted by Crippen LogP contribution is -2.21. The second-order valence-corrected chi connectivity index (χ2v) is 7.25. The predicted octanol–water partition coefficient (Wildman–Crippen LogP) is 3.94. The molecule has 1 N–H and O–H groups in total. The molecule has 0 aromatic carbocycles. The number of nitrogens with one attached hydrogen (secondary N) is 1. The molecule has 2 atom stereocenters. The van der Waals surface area contributed by atoms with Crippen molar-refractivity contribution in [1.29, 1.82) is 0 Å². The molecule has 1 aliphatic carbocycles. The number of esters is 1. The van der Waals surface area contributed by atoms with Crippen molar-refractivity contribution in [2.75, 3.05) is 24.3 Å². The summed E-state index contributed by atoms with van der Waals surface area (Å²) in [6.07, 6.45) is 3.25. The second kappa shape index (κ2) is 10.6. The van der Waals surface area contributed by atoms with Crippen LogP contribution in [0.15, 0.2) is 10.3 Å². The van der Waals surface area contributed by atoms with Crippen LogP contribution in [0.5, 0.6) is 0 Å². The molecule has 26 heavy (non-hydrogen) atoms. The molecule has 2 rings (SSSR count). The Labute approximate surface area is 161 Å². The van der Waals surface area contributed by atoms with E-state index in [1.165, 1.54) is 11.8 Å². The number of carbonyl (C=O) groups is 1. The SMILES string of the molecule is CCCSc1nc(Cl)c(N=O)c(NC2CCC(OCC(=O)OCC)C2)n1. The van der Waals surface area contributed by atoms with Gasteiger partial charge in [0.2, 0.25) is 0 Å². The number of anilines is 1. The molecule has 1 aliphatic rings. The fourth-order valence-corrected chi connectivity index (χ4v) is 3.60. The third kappa shape index (κ3) is 6.07. The Morgan fingerprint density at radius 2 is 2.19 bits per heavy atom. The predicted molar refractivity (Wildman–Crippen MR) is 101 cm³/mol. The van der Waals surface area contributed by atoms with Crippen LogP contribution in [0, 0.1) is 4.91 Å². The van der Waals surface area contributed by atoms with Gasteiger partial charge < -0.3 is 14.8 Å². The zero-order chi connectivity index (χ0) is 18.9. The molecule has 0 radical (unpaired) electrons. The molecule has 0 spiro atoms. The van der Waals surface area contributed by atoms with Gasteiger partial charge in [0, 0.05) is 11.8 Å². The highest BCUT2D eigenvalue weighted by Crippen LogP contribution is 2.35. The van der Waals surface area contributed by atoms with Gasteiger partial charge in [0.1, 0.15) is 6.61 Å². The van der Waals surface area contributed by atoms with Crippen molar-refractivity contribution in [3.63, 3.8) is 0 Å². The van der Waals surface area contributed by atoms with E-state index in [1.807, 2.05) is 0 Å². The third-order valence-corrected chi connectivity index (χ3v) is 5.13. The van der Waals surface area contributed by atoms with Crippen LogP contribution in [-0.2, 0) is 14.3 Å². The van der Waals surface area contributed by atoms with Crippen molar-refractivity contribution >= 4 is 40.8 Å². The van der Waals surface area contributed by atoms with Gasteiger partial charge in [-0.25, -0.2) is 14.8 Å². The van der Waals surface area contributed by atoms with Crippen LogP contribution in [0.4, 0.5) is 11.5 Å². The molecular weight excluding hydrogens is 380 g/mol. The summed E-state index contributed by atoms with van der Waals surface area (Å²) in [6.45, 7) is 4.10. The summed E-state index contributed by atoms with van der Waals surface area (Å²) >= 11 is 7.54. The standard InChI is InChI=1S/C16H23ClN4O4S/c1-3-7-26-16-19-14(17)13(21-23)15(20-16)18-10-5-6-11(8-10)25-9-12(22)24-4-2/h10-11H,3-9H2,1-2H3,(H,18,19,20). The van der Waals surface area contributed by atoms with Gasteiger partial charge in [-0.05, 0) is 37.8 Å². The number of ether oxygens (including phenoxy) is 2. The number of aromatic nitrogens is 2. The number of hydrogen-bond donors (Lipinski definition) is 1. The number of halogens is 1. The van der Waals surface area contributed by atoms with Crippen LogP contribution < -0.4 is 5.32 Å². The molecule has 8 nitrogen and oxygen atoms in total. The molecule has 1 saturated carbocycles. The highest BCUT2D eigenvalue weighted by atomic mass is 35.5. The lowest BCUT2D eigenvalue weighted by atomic mass is 10.2. The van der Waals surface area contributed by atoms with Crippen LogP contribution in [0.3, 0.4) is 0 Å². The summed E-state index contributed by atoms with van der Waals surface area (Å²) < 4.78 is 10.4. The van der Waals surface area contributed by atoms with Gasteiger partial charge in [-0.3, -0.25) is 0 Å². The van der Waals surface area contributed by atoms with Gasteiger partial charge in [0.05, 0.1) is 12.7 Å². The number of nitroso groups, excluding NO2 is 1. The van der Waals surface area contributed by atoms with Gasteiger partial charge in [-0.2, -0.15) is 0 Å². The minimum atomic E-state index is -0.364. The molecule has 1 heterocycles. The normalized spacial score (nSPS) is 19.3. The van der Waals surface area contributed by atoms with Gasteiger partial charge in [-0.15, -0.1) is 4.91 Å². The molecule has 0 aliphatic heterocycles. The fourth-order valence-electron chi connectivity index (χ4n) is 2.65. The topological polar surface area (TPSA) is 103 Å². The highest BCUT2D eigenvalue weighted by Gasteiger charge is 2.28. The van der Waals surface area contributed by atoms with E-state index in [0.29, 0.717) is 24.0 Å². The maximum atomic E-state index is 11.4. The molecule has 2 unspecified atom stereocenters. The van der Waals surface area contributed by atoms with Crippen LogP contribution in [0.2, 0.25) is 5.15 Å². The largest absolute Gasteiger partial charge is 0.464 e. The molecule has 0 amide bonds. The number of rotatable bonds is 10. The molecule has 1 aromatic heterocycles. The first-order chi connectivity index (χ1) is 12.6. The van der Waals surface area contributed by atoms with Crippen molar-refractivity contribution in [3.8, 4) is 0 Å². The zero-order valence-electron chi connectivity index (χ0n) is 14.9. The second-order valence-electron chi connectivity index (χ2n) is 5.83. The Bertz CT molecular complexity index is 635. The first-order valence-electron chi connectivity index (χ1n) is 8.64. The first-order valence-corrected chi connectivity index (χ1v) is 10.0. The van der Waals surface area contributed by atoms with E-state index in [4.69, 9.17) is 21.1 Å². The summed E-state index contributed by atoms with van der Waals surface area (Å²) in [5.74, 6) is 0.836. The van der Waals surface area contributed by atoms with E-state index in [1.54, 1.807) is 6.92 Å². The lowest BCUT2D eigenvalue weighted by Gasteiger charge is -2.16. The Morgan fingerprint density at radius 3 is 2.88 bits per heavy atom. The Hall–Kier alpha value is -1.45. The van der Waals surface area contributed by atoms with E-state index in [2.05, 4.69) is 27.4 Å². The summed E-state index contributed by atoms with van der Waals surface area (Å²) in [5, 5.41) is 6.74. The van der Waals surface area contributed by atoms with Crippen LogP contribution in [0.25, 0.3) is 0 Å². The van der Waals surface area contributed by atoms with Crippen molar-refractivity contribution in [2.45, 2.75) is 56.8 Å². The Balaban J connectivity index is 1.96. The smallest absolute Gasteiger partial charge is 0.332 e. The third-order valence-electron chi connectivity index (χ3n) is 3.82. The lowest BCUT2D eigenvalue weighted by molar-refractivity contribution is -0.150. The molecule has 10 heteroatoms. The average Bonchev–Trinajstić information content (AvgIpc) is 3.06. The van der Waals surface area contributed by atoms with Crippen LogP contribution in [-0.4, -0.2) is 47.0 Å². The summed E-state index contributed by atoms with van der Waals surface area (Å²) in [4.78, 5) is 31.0.